The number of nitrogen functional groups attached to an aromatic ring is 1. The number of piperidine rings is 1. The third-order valence-corrected chi connectivity index (χ3v) is 5.70. The lowest BCUT2D eigenvalue weighted by Crippen LogP contribution is -2.45. The molecule has 3 heterocycles. The molecule has 3 rings (SSSR count). The Hall–Kier alpha value is -2.65. The number of aromatic amines is 1. The van der Waals surface area contributed by atoms with Gasteiger partial charge in [0.15, 0.2) is 0 Å². The maximum absolute atomic E-state index is 13.0. The van der Waals surface area contributed by atoms with Crippen LogP contribution in [0.15, 0.2) is 12.3 Å². The van der Waals surface area contributed by atoms with Gasteiger partial charge in [0.2, 0.25) is 0 Å². The molecule has 2 aromatic rings. The van der Waals surface area contributed by atoms with E-state index in [1.807, 2.05) is 26.8 Å². The summed E-state index contributed by atoms with van der Waals surface area (Å²) in [7, 11) is 1.72. The van der Waals surface area contributed by atoms with Crippen LogP contribution in [0.4, 0.5) is 0 Å². The van der Waals surface area contributed by atoms with Gasteiger partial charge in [0.05, 0.1) is 12.3 Å². The third kappa shape index (κ3) is 4.73. The van der Waals surface area contributed by atoms with Gasteiger partial charge in [0, 0.05) is 50.1 Å². The first-order valence-electron chi connectivity index (χ1n) is 10.5. The molecule has 164 valence electrons. The Morgan fingerprint density at radius 2 is 2.13 bits per heavy atom. The summed E-state index contributed by atoms with van der Waals surface area (Å²) in [6.07, 6.45) is 3.52. The van der Waals surface area contributed by atoms with Crippen LogP contribution >= 0.6 is 0 Å². The van der Waals surface area contributed by atoms with E-state index < -0.39 is 0 Å². The van der Waals surface area contributed by atoms with Gasteiger partial charge in [-0.15, -0.1) is 0 Å². The van der Waals surface area contributed by atoms with Crippen molar-refractivity contribution in [1.82, 2.24) is 25.1 Å². The number of H-pyrrole nitrogens is 1. The Bertz CT molecular complexity index is 913. The van der Waals surface area contributed by atoms with E-state index in [9.17, 15) is 4.79 Å². The number of pyridine rings is 1. The molecule has 9 nitrogen and oxygen atoms in total. The van der Waals surface area contributed by atoms with Crippen LogP contribution in [-0.2, 0) is 4.74 Å². The van der Waals surface area contributed by atoms with Crippen molar-refractivity contribution < 1.29 is 9.53 Å². The van der Waals surface area contributed by atoms with Crippen molar-refractivity contribution in [1.29, 1.82) is 5.41 Å². The minimum atomic E-state index is -0.123. The molecule has 0 aromatic carbocycles. The van der Waals surface area contributed by atoms with Gasteiger partial charge in [-0.05, 0) is 37.3 Å². The van der Waals surface area contributed by atoms with Crippen LogP contribution in [0.2, 0.25) is 0 Å². The highest BCUT2D eigenvalue weighted by Gasteiger charge is 2.26. The van der Waals surface area contributed by atoms with Gasteiger partial charge in [0.25, 0.3) is 5.91 Å². The zero-order valence-electron chi connectivity index (χ0n) is 18.3. The average Bonchev–Trinajstić information content (AvgIpc) is 3.17. The molecule has 1 aliphatic rings. The summed E-state index contributed by atoms with van der Waals surface area (Å²) in [5, 5.41) is 18.5. The Kier molecular flexibility index (Phi) is 6.94. The highest BCUT2D eigenvalue weighted by molar-refractivity contribution is 5.96. The predicted octanol–water partition coefficient (Wildman–Crippen LogP) is 1.34. The van der Waals surface area contributed by atoms with Gasteiger partial charge in [-0.1, -0.05) is 13.8 Å². The second kappa shape index (κ2) is 9.44. The summed E-state index contributed by atoms with van der Waals surface area (Å²) in [5.41, 5.74) is 3.84. The molecule has 1 saturated heterocycles. The molecule has 5 N–H and O–H groups in total. The molecule has 9 heteroatoms. The molecular formula is C21H33N7O2. The molecule has 0 atom stereocenters. The van der Waals surface area contributed by atoms with E-state index in [1.54, 1.807) is 13.3 Å². The Morgan fingerprint density at radius 1 is 1.43 bits per heavy atom. The van der Waals surface area contributed by atoms with Crippen LogP contribution in [-0.4, -0.2) is 65.1 Å². The Balaban J connectivity index is 1.77. The first-order chi connectivity index (χ1) is 14.3. The number of nitrogens with two attached hydrogens (primary N) is 1. The summed E-state index contributed by atoms with van der Waals surface area (Å²) in [6.45, 7) is 9.49. The van der Waals surface area contributed by atoms with Crippen LogP contribution in [0, 0.1) is 12.3 Å². The van der Waals surface area contributed by atoms with Gasteiger partial charge < -0.3 is 20.8 Å². The minimum absolute atomic E-state index is 0.0950. The van der Waals surface area contributed by atoms with E-state index in [0.717, 1.165) is 55.8 Å². The lowest BCUT2D eigenvalue weighted by Gasteiger charge is -2.32. The summed E-state index contributed by atoms with van der Waals surface area (Å²) in [6, 6.07) is 2.03. The van der Waals surface area contributed by atoms with Crippen molar-refractivity contribution in [2.75, 3.05) is 39.2 Å². The monoisotopic (exact) mass is 415 g/mol. The Labute approximate surface area is 177 Å². The topological polar surface area (TPSA) is 125 Å². The SMILES string of the molecule is COCCN1CCC(NC(=O)c2[nH]nc(-c3cc(C)c(=N)n(N)c3)c2C(C)C)CC1. The van der Waals surface area contributed by atoms with E-state index in [1.165, 1.54) is 4.68 Å². The number of amides is 1. The van der Waals surface area contributed by atoms with Crippen molar-refractivity contribution >= 4 is 5.91 Å². The normalized spacial score (nSPS) is 15.6. The quantitative estimate of drug-likeness (QED) is 0.508. The number of likely N-dealkylation sites (tertiary alicyclic amines) is 1. The zero-order chi connectivity index (χ0) is 21.8. The molecule has 0 bridgehead atoms. The number of aromatic nitrogens is 3. The highest BCUT2D eigenvalue weighted by Crippen LogP contribution is 2.30. The van der Waals surface area contributed by atoms with Crippen molar-refractivity contribution in [3.05, 3.63) is 34.6 Å². The average molecular weight is 416 g/mol. The van der Waals surface area contributed by atoms with Crippen LogP contribution in [0.25, 0.3) is 11.3 Å². The van der Waals surface area contributed by atoms with Gasteiger partial charge in [-0.3, -0.25) is 20.0 Å². The van der Waals surface area contributed by atoms with E-state index in [2.05, 4.69) is 20.4 Å². The van der Waals surface area contributed by atoms with E-state index in [4.69, 9.17) is 16.0 Å². The number of nitrogens with zero attached hydrogens (tertiary/aromatic N) is 3. The fourth-order valence-corrected chi connectivity index (χ4v) is 3.97. The number of rotatable bonds is 7. The highest BCUT2D eigenvalue weighted by atomic mass is 16.5. The molecule has 2 aromatic heterocycles. The molecule has 1 fully saturated rings. The first-order valence-corrected chi connectivity index (χ1v) is 10.5. The zero-order valence-corrected chi connectivity index (χ0v) is 18.3. The molecule has 0 spiro atoms. The van der Waals surface area contributed by atoms with Crippen LogP contribution in [0.5, 0.6) is 0 Å². The summed E-state index contributed by atoms with van der Waals surface area (Å²) in [5.74, 6) is 5.89. The third-order valence-electron chi connectivity index (χ3n) is 5.70. The molecule has 0 radical (unpaired) electrons. The molecule has 0 saturated carbocycles. The van der Waals surface area contributed by atoms with Gasteiger partial charge in [-0.2, -0.15) is 5.10 Å². The van der Waals surface area contributed by atoms with Crippen molar-refractivity contribution in [2.45, 2.75) is 45.6 Å². The van der Waals surface area contributed by atoms with Crippen LogP contribution in [0.1, 0.15) is 54.2 Å². The summed E-state index contributed by atoms with van der Waals surface area (Å²) in [4.78, 5) is 15.4. The van der Waals surface area contributed by atoms with Gasteiger partial charge >= 0.3 is 0 Å². The lowest BCUT2D eigenvalue weighted by atomic mass is 9.96. The first kappa shape index (κ1) is 22.0. The number of methoxy groups -OCH3 is 1. The number of carbonyl (C=O) groups excluding carboxylic acids is 1. The second-order valence-corrected chi connectivity index (χ2v) is 8.27. The number of ether oxygens (including phenoxy) is 1. The van der Waals surface area contributed by atoms with Gasteiger partial charge in [-0.25, -0.2) is 0 Å². The van der Waals surface area contributed by atoms with Crippen LogP contribution in [0.3, 0.4) is 0 Å². The summed E-state index contributed by atoms with van der Waals surface area (Å²) < 4.78 is 6.43. The molecule has 30 heavy (non-hydrogen) atoms. The van der Waals surface area contributed by atoms with E-state index >= 15 is 0 Å². The molecule has 1 amide bonds. The number of carbonyl (C=O) groups is 1. The van der Waals surface area contributed by atoms with E-state index in [0.29, 0.717) is 11.4 Å². The number of aryl methyl sites for hydroxylation is 1. The molecule has 1 aliphatic heterocycles. The van der Waals surface area contributed by atoms with E-state index in [-0.39, 0.29) is 23.4 Å². The Morgan fingerprint density at radius 3 is 2.73 bits per heavy atom. The minimum Gasteiger partial charge on any atom is -0.383 e. The fourth-order valence-electron chi connectivity index (χ4n) is 3.97. The number of hydrogen-bond acceptors (Lipinski definition) is 6. The van der Waals surface area contributed by atoms with Gasteiger partial charge in [0.1, 0.15) is 11.2 Å². The fraction of sp³-hybridized carbons (Fsp3) is 0.571. The molecular weight excluding hydrogens is 382 g/mol. The lowest BCUT2D eigenvalue weighted by molar-refractivity contribution is 0.0886. The molecule has 0 aliphatic carbocycles. The maximum Gasteiger partial charge on any atom is 0.269 e. The predicted molar refractivity (Wildman–Crippen MR) is 116 cm³/mol. The van der Waals surface area contributed by atoms with Crippen LogP contribution < -0.4 is 16.6 Å². The van der Waals surface area contributed by atoms with Crippen molar-refractivity contribution in [3.8, 4) is 11.3 Å². The largest absolute Gasteiger partial charge is 0.383 e. The van der Waals surface area contributed by atoms with Crippen molar-refractivity contribution in [2.24, 2.45) is 0 Å². The maximum atomic E-state index is 13.0. The smallest absolute Gasteiger partial charge is 0.269 e. The molecule has 0 unspecified atom stereocenters. The number of hydrogen-bond donors (Lipinski definition) is 4. The van der Waals surface area contributed by atoms with Crippen molar-refractivity contribution in [3.63, 3.8) is 0 Å². The second-order valence-electron chi connectivity index (χ2n) is 8.27. The number of nitrogens with one attached hydrogen (secondary N) is 3. The summed E-state index contributed by atoms with van der Waals surface area (Å²) >= 11 is 0. The standard InChI is InChI=1S/C21H33N7O2/c1-13(2)17-18(15-11-14(3)20(22)28(23)12-15)25-26-19(17)21(29)24-16-5-7-27(8-6-16)9-10-30-4/h11-13,16,22H,5-10,23H2,1-4H3,(H,24,29)(H,25,26).